The maximum atomic E-state index is 12.1. The first kappa shape index (κ1) is 18.7. The fraction of sp³-hybridized carbons (Fsp3) is 0.471. The van der Waals surface area contributed by atoms with E-state index in [0.717, 1.165) is 5.56 Å². The number of amides is 2. The standard InChI is InChI=1S/C17H24N2O4/c1-13(17(22)23)11-18(3)16(21)9-10-19(14(2)20)12-15-7-5-4-6-8-15/h4-8,13H,9-12H2,1-3H3,(H,22,23). The highest BCUT2D eigenvalue weighted by atomic mass is 16.4. The number of carbonyl (C=O) groups excluding carboxylic acids is 2. The Bertz CT molecular complexity index is 545. The molecule has 0 saturated carbocycles. The molecule has 6 heteroatoms. The zero-order valence-corrected chi connectivity index (χ0v) is 13.9. The van der Waals surface area contributed by atoms with Crippen molar-refractivity contribution in [1.82, 2.24) is 9.80 Å². The van der Waals surface area contributed by atoms with Gasteiger partial charge in [0.25, 0.3) is 0 Å². The van der Waals surface area contributed by atoms with Crippen molar-refractivity contribution in [3.63, 3.8) is 0 Å². The molecule has 0 saturated heterocycles. The fourth-order valence-corrected chi connectivity index (χ4v) is 2.16. The van der Waals surface area contributed by atoms with Crippen molar-refractivity contribution in [2.75, 3.05) is 20.1 Å². The average molecular weight is 320 g/mol. The Morgan fingerprint density at radius 3 is 2.30 bits per heavy atom. The predicted molar refractivity (Wildman–Crippen MR) is 86.6 cm³/mol. The molecule has 126 valence electrons. The van der Waals surface area contributed by atoms with Crippen LogP contribution in [0.5, 0.6) is 0 Å². The van der Waals surface area contributed by atoms with Crippen LogP contribution in [0.2, 0.25) is 0 Å². The third kappa shape index (κ3) is 6.50. The van der Waals surface area contributed by atoms with Crippen LogP contribution in [0.4, 0.5) is 0 Å². The summed E-state index contributed by atoms with van der Waals surface area (Å²) in [6.45, 7) is 3.97. The number of rotatable bonds is 8. The number of nitrogens with zero attached hydrogens (tertiary/aromatic N) is 2. The molecular weight excluding hydrogens is 296 g/mol. The van der Waals surface area contributed by atoms with Gasteiger partial charge >= 0.3 is 5.97 Å². The fourth-order valence-electron chi connectivity index (χ4n) is 2.16. The summed E-state index contributed by atoms with van der Waals surface area (Å²) in [7, 11) is 1.58. The van der Waals surface area contributed by atoms with Crippen molar-refractivity contribution in [2.45, 2.75) is 26.8 Å². The molecule has 0 aliphatic rings. The van der Waals surface area contributed by atoms with Gasteiger partial charge in [-0.05, 0) is 5.56 Å². The number of hydrogen-bond acceptors (Lipinski definition) is 3. The second-order valence-electron chi connectivity index (χ2n) is 5.69. The van der Waals surface area contributed by atoms with Gasteiger partial charge in [0.1, 0.15) is 0 Å². The minimum absolute atomic E-state index is 0.0942. The smallest absolute Gasteiger partial charge is 0.308 e. The SMILES string of the molecule is CC(=O)N(CCC(=O)N(C)CC(C)C(=O)O)Cc1ccccc1. The van der Waals surface area contributed by atoms with E-state index in [-0.39, 0.29) is 24.8 Å². The van der Waals surface area contributed by atoms with Crippen LogP contribution in [0, 0.1) is 5.92 Å². The maximum Gasteiger partial charge on any atom is 0.308 e. The normalized spacial score (nSPS) is 11.6. The summed E-state index contributed by atoms with van der Waals surface area (Å²) >= 11 is 0. The van der Waals surface area contributed by atoms with E-state index in [1.54, 1.807) is 18.9 Å². The van der Waals surface area contributed by atoms with Gasteiger partial charge in [0.05, 0.1) is 5.92 Å². The van der Waals surface area contributed by atoms with Crippen molar-refractivity contribution in [3.05, 3.63) is 35.9 Å². The van der Waals surface area contributed by atoms with Crippen LogP contribution < -0.4 is 0 Å². The van der Waals surface area contributed by atoms with Gasteiger partial charge in [0, 0.05) is 40.0 Å². The quantitative estimate of drug-likeness (QED) is 0.789. The Morgan fingerprint density at radius 2 is 1.78 bits per heavy atom. The maximum absolute atomic E-state index is 12.1. The summed E-state index contributed by atoms with van der Waals surface area (Å²) in [6.07, 6.45) is 0.176. The summed E-state index contributed by atoms with van der Waals surface area (Å²) in [6, 6.07) is 9.57. The summed E-state index contributed by atoms with van der Waals surface area (Å²) < 4.78 is 0. The van der Waals surface area contributed by atoms with Crippen LogP contribution in [-0.2, 0) is 20.9 Å². The zero-order valence-electron chi connectivity index (χ0n) is 13.9. The number of hydrogen-bond donors (Lipinski definition) is 1. The molecule has 1 rings (SSSR count). The monoisotopic (exact) mass is 320 g/mol. The molecule has 1 atom stereocenters. The summed E-state index contributed by atoms with van der Waals surface area (Å²) in [5.74, 6) is -1.81. The Labute approximate surface area is 136 Å². The number of carboxylic acid groups (broad SMARTS) is 1. The van der Waals surface area contributed by atoms with Crippen LogP contribution in [0.3, 0.4) is 0 Å². The van der Waals surface area contributed by atoms with Gasteiger partial charge in [0.15, 0.2) is 0 Å². The number of aliphatic carboxylic acids is 1. The van der Waals surface area contributed by atoms with Crippen molar-refractivity contribution in [2.24, 2.45) is 5.92 Å². The van der Waals surface area contributed by atoms with Gasteiger partial charge < -0.3 is 14.9 Å². The summed E-state index contributed by atoms with van der Waals surface area (Å²) in [5.41, 5.74) is 1.00. The number of carbonyl (C=O) groups is 3. The first-order chi connectivity index (χ1) is 10.8. The molecule has 1 aromatic carbocycles. The molecular formula is C17H24N2O4. The van der Waals surface area contributed by atoms with E-state index in [4.69, 9.17) is 5.11 Å². The van der Waals surface area contributed by atoms with E-state index >= 15 is 0 Å². The lowest BCUT2D eigenvalue weighted by Gasteiger charge is -2.24. The molecule has 0 fully saturated rings. The largest absolute Gasteiger partial charge is 0.481 e. The van der Waals surface area contributed by atoms with Crippen LogP contribution in [0.1, 0.15) is 25.8 Å². The van der Waals surface area contributed by atoms with E-state index in [9.17, 15) is 14.4 Å². The highest BCUT2D eigenvalue weighted by Gasteiger charge is 2.18. The topological polar surface area (TPSA) is 77.9 Å². The van der Waals surface area contributed by atoms with Crippen molar-refractivity contribution < 1.29 is 19.5 Å². The molecule has 2 amide bonds. The Hall–Kier alpha value is -2.37. The highest BCUT2D eigenvalue weighted by molar-refractivity contribution is 5.78. The molecule has 1 unspecified atom stereocenters. The number of carboxylic acids is 1. The molecule has 0 radical (unpaired) electrons. The van der Waals surface area contributed by atoms with Crippen molar-refractivity contribution >= 4 is 17.8 Å². The minimum atomic E-state index is -0.931. The molecule has 0 bridgehead atoms. The van der Waals surface area contributed by atoms with E-state index in [1.165, 1.54) is 11.8 Å². The van der Waals surface area contributed by atoms with Crippen LogP contribution in [0.15, 0.2) is 30.3 Å². The first-order valence-electron chi connectivity index (χ1n) is 7.57. The molecule has 0 aromatic heterocycles. The Balaban J connectivity index is 2.53. The van der Waals surface area contributed by atoms with Crippen molar-refractivity contribution in [3.8, 4) is 0 Å². The predicted octanol–water partition coefficient (Wildman–Crippen LogP) is 1.60. The van der Waals surface area contributed by atoms with Crippen LogP contribution in [0.25, 0.3) is 0 Å². The molecule has 23 heavy (non-hydrogen) atoms. The number of benzene rings is 1. The second-order valence-corrected chi connectivity index (χ2v) is 5.69. The summed E-state index contributed by atoms with van der Waals surface area (Å²) in [4.78, 5) is 37.6. The van der Waals surface area contributed by atoms with E-state index in [2.05, 4.69) is 0 Å². The van der Waals surface area contributed by atoms with Crippen molar-refractivity contribution in [1.29, 1.82) is 0 Å². The molecule has 6 nitrogen and oxygen atoms in total. The minimum Gasteiger partial charge on any atom is -0.481 e. The van der Waals surface area contributed by atoms with Gasteiger partial charge in [-0.1, -0.05) is 37.3 Å². The lowest BCUT2D eigenvalue weighted by molar-refractivity contribution is -0.142. The van der Waals surface area contributed by atoms with Gasteiger partial charge in [-0.3, -0.25) is 14.4 Å². The van der Waals surface area contributed by atoms with Gasteiger partial charge in [-0.2, -0.15) is 0 Å². The molecule has 0 heterocycles. The molecule has 0 aliphatic carbocycles. The zero-order chi connectivity index (χ0) is 17.4. The third-order valence-electron chi connectivity index (χ3n) is 3.65. The lowest BCUT2D eigenvalue weighted by atomic mass is 10.1. The third-order valence-corrected chi connectivity index (χ3v) is 3.65. The Kier molecular flexibility index (Phi) is 7.25. The average Bonchev–Trinajstić information content (AvgIpc) is 2.51. The van der Waals surface area contributed by atoms with Gasteiger partial charge in [0.2, 0.25) is 11.8 Å². The van der Waals surface area contributed by atoms with Gasteiger partial charge in [-0.15, -0.1) is 0 Å². The molecule has 0 spiro atoms. The molecule has 1 aromatic rings. The van der Waals surface area contributed by atoms with E-state index in [0.29, 0.717) is 13.1 Å². The second kappa shape index (κ2) is 8.92. The highest BCUT2D eigenvalue weighted by Crippen LogP contribution is 2.07. The summed E-state index contributed by atoms with van der Waals surface area (Å²) in [5, 5.41) is 8.88. The lowest BCUT2D eigenvalue weighted by Crippen LogP contribution is -2.37. The van der Waals surface area contributed by atoms with E-state index < -0.39 is 11.9 Å². The van der Waals surface area contributed by atoms with Crippen LogP contribution in [-0.4, -0.2) is 52.8 Å². The molecule has 1 N–H and O–H groups in total. The first-order valence-corrected chi connectivity index (χ1v) is 7.57. The Morgan fingerprint density at radius 1 is 1.17 bits per heavy atom. The van der Waals surface area contributed by atoms with Gasteiger partial charge in [-0.25, -0.2) is 0 Å². The van der Waals surface area contributed by atoms with Crippen LogP contribution >= 0.6 is 0 Å². The van der Waals surface area contributed by atoms with E-state index in [1.807, 2.05) is 30.3 Å². The molecule has 0 aliphatic heterocycles.